The number of rotatable bonds is 7. The molecule has 0 aromatic heterocycles. The molecule has 0 N–H and O–H groups in total. The molecule has 3 heteroatoms. The molecule has 0 aliphatic rings. The summed E-state index contributed by atoms with van der Waals surface area (Å²) in [7, 11) is 0. The normalized spacial score (nSPS) is 11.4. The van der Waals surface area contributed by atoms with E-state index in [1.165, 1.54) is 0 Å². The van der Waals surface area contributed by atoms with E-state index in [2.05, 4.69) is 0 Å². The van der Waals surface area contributed by atoms with Crippen molar-refractivity contribution in [1.82, 2.24) is 0 Å². The lowest BCUT2D eigenvalue weighted by atomic mass is 9.91. The van der Waals surface area contributed by atoms with Crippen molar-refractivity contribution in [3.8, 4) is 0 Å². The maximum absolute atomic E-state index is 11.5. The van der Waals surface area contributed by atoms with Gasteiger partial charge in [0.1, 0.15) is 0 Å². The molecule has 0 atom stereocenters. The number of hydrogen-bond acceptors (Lipinski definition) is 3. The Morgan fingerprint density at radius 3 is 2.36 bits per heavy atom. The minimum Gasteiger partial charge on any atom is -0.465 e. The van der Waals surface area contributed by atoms with E-state index in [9.17, 15) is 4.79 Å². The number of carbonyl (C=O) groups is 1. The second kappa shape index (κ2) is 6.82. The predicted molar refractivity (Wildman–Crippen MR) is 56.1 cm³/mol. The van der Waals surface area contributed by atoms with Gasteiger partial charge in [0.2, 0.25) is 0 Å². The Bertz CT molecular complexity index is 164. The van der Waals surface area contributed by atoms with E-state index in [4.69, 9.17) is 9.47 Å². The average molecular weight is 202 g/mol. The van der Waals surface area contributed by atoms with Gasteiger partial charge in [0.05, 0.1) is 12.0 Å². The Morgan fingerprint density at radius 1 is 1.21 bits per heavy atom. The van der Waals surface area contributed by atoms with Crippen LogP contribution in [-0.2, 0) is 14.3 Å². The van der Waals surface area contributed by atoms with Gasteiger partial charge in [-0.25, -0.2) is 0 Å². The molecule has 0 radical (unpaired) electrons. The standard InChI is InChI=1S/C11H22O3/c1-5-11(3,4)10(12)14-9-7-8-13-6-2/h5-9H2,1-4H3. The molecule has 0 aromatic carbocycles. The maximum atomic E-state index is 11.5. The van der Waals surface area contributed by atoms with E-state index in [1.54, 1.807) is 0 Å². The Labute approximate surface area is 86.8 Å². The SMILES string of the molecule is CCOCCCOC(=O)C(C)(C)CC. The van der Waals surface area contributed by atoms with Gasteiger partial charge in [-0.05, 0) is 27.2 Å². The summed E-state index contributed by atoms with van der Waals surface area (Å²) in [5, 5.41) is 0. The summed E-state index contributed by atoms with van der Waals surface area (Å²) in [5.41, 5.74) is -0.356. The minimum atomic E-state index is -0.356. The summed E-state index contributed by atoms with van der Waals surface area (Å²) in [6.07, 6.45) is 1.58. The molecule has 0 aromatic rings. The zero-order chi connectivity index (χ0) is 11.0. The van der Waals surface area contributed by atoms with Crippen LogP contribution in [0.2, 0.25) is 0 Å². The third-order valence-electron chi connectivity index (χ3n) is 2.31. The van der Waals surface area contributed by atoms with Gasteiger partial charge in [-0.2, -0.15) is 0 Å². The highest BCUT2D eigenvalue weighted by Crippen LogP contribution is 2.21. The zero-order valence-corrected chi connectivity index (χ0v) is 9.76. The molecule has 0 heterocycles. The summed E-state index contributed by atoms with van der Waals surface area (Å²) in [6.45, 7) is 9.58. The van der Waals surface area contributed by atoms with Crippen LogP contribution >= 0.6 is 0 Å². The molecule has 0 aliphatic carbocycles. The Morgan fingerprint density at radius 2 is 1.86 bits per heavy atom. The zero-order valence-electron chi connectivity index (χ0n) is 9.76. The largest absolute Gasteiger partial charge is 0.465 e. The quantitative estimate of drug-likeness (QED) is 0.469. The summed E-state index contributed by atoms with van der Waals surface area (Å²) in [4.78, 5) is 11.5. The van der Waals surface area contributed by atoms with E-state index < -0.39 is 0 Å². The summed E-state index contributed by atoms with van der Waals surface area (Å²) in [6, 6.07) is 0. The van der Waals surface area contributed by atoms with E-state index in [1.807, 2.05) is 27.7 Å². The second-order valence-corrected chi connectivity index (χ2v) is 3.92. The lowest BCUT2D eigenvalue weighted by Crippen LogP contribution is -2.26. The fourth-order valence-electron chi connectivity index (χ4n) is 0.810. The monoisotopic (exact) mass is 202 g/mol. The van der Waals surface area contributed by atoms with E-state index in [0.29, 0.717) is 19.8 Å². The highest BCUT2D eigenvalue weighted by atomic mass is 16.5. The van der Waals surface area contributed by atoms with E-state index >= 15 is 0 Å². The molecule has 84 valence electrons. The van der Waals surface area contributed by atoms with Gasteiger partial charge in [0, 0.05) is 19.6 Å². The van der Waals surface area contributed by atoms with Crippen molar-refractivity contribution in [3.05, 3.63) is 0 Å². The van der Waals surface area contributed by atoms with Crippen LogP contribution in [0.5, 0.6) is 0 Å². The molecule has 0 saturated heterocycles. The van der Waals surface area contributed by atoms with Crippen LogP contribution in [-0.4, -0.2) is 25.8 Å². The second-order valence-electron chi connectivity index (χ2n) is 3.92. The van der Waals surface area contributed by atoms with E-state index in [-0.39, 0.29) is 11.4 Å². The van der Waals surface area contributed by atoms with Crippen molar-refractivity contribution in [2.24, 2.45) is 5.41 Å². The first-order valence-electron chi connectivity index (χ1n) is 5.29. The first-order chi connectivity index (χ1) is 6.54. The highest BCUT2D eigenvalue weighted by molar-refractivity contribution is 5.75. The van der Waals surface area contributed by atoms with Crippen LogP contribution in [0.4, 0.5) is 0 Å². The van der Waals surface area contributed by atoms with Crippen molar-refractivity contribution in [2.45, 2.75) is 40.5 Å². The van der Waals surface area contributed by atoms with Gasteiger partial charge in [-0.15, -0.1) is 0 Å². The van der Waals surface area contributed by atoms with Crippen molar-refractivity contribution in [3.63, 3.8) is 0 Å². The molecule has 0 saturated carbocycles. The lowest BCUT2D eigenvalue weighted by Gasteiger charge is -2.20. The maximum Gasteiger partial charge on any atom is 0.311 e. The summed E-state index contributed by atoms with van der Waals surface area (Å²) >= 11 is 0. The molecular weight excluding hydrogens is 180 g/mol. The smallest absolute Gasteiger partial charge is 0.311 e. The first kappa shape index (κ1) is 13.4. The lowest BCUT2D eigenvalue weighted by molar-refractivity contribution is -0.154. The van der Waals surface area contributed by atoms with Crippen LogP contribution in [0.25, 0.3) is 0 Å². The minimum absolute atomic E-state index is 0.114. The Hall–Kier alpha value is -0.570. The van der Waals surface area contributed by atoms with Crippen molar-refractivity contribution >= 4 is 5.97 Å². The highest BCUT2D eigenvalue weighted by Gasteiger charge is 2.26. The summed E-state index contributed by atoms with van der Waals surface area (Å²) < 4.78 is 10.3. The summed E-state index contributed by atoms with van der Waals surface area (Å²) in [5.74, 6) is -0.114. The molecule has 0 aliphatic heterocycles. The van der Waals surface area contributed by atoms with Crippen LogP contribution in [0.3, 0.4) is 0 Å². The molecule has 14 heavy (non-hydrogen) atoms. The van der Waals surface area contributed by atoms with Crippen molar-refractivity contribution in [1.29, 1.82) is 0 Å². The number of carbonyl (C=O) groups excluding carboxylic acids is 1. The number of esters is 1. The molecule has 0 spiro atoms. The van der Waals surface area contributed by atoms with Crippen molar-refractivity contribution in [2.75, 3.05) is 19.8 Å². The van der Waals surface area contributed by atoms with E-state index in [0.717, 1.165) is 12.8 Å². The molecule has 0 amide bonds. The molecule has 0 rings (SSSR count). The van der Waals surface area contributed by atoms with Gasteiger partial charge < -0.3 is 9.47 Å². The molecule has 0 bridgehead atoms. The first-order valence-corrected chi connectivity index (χ1v) is 5.29. The third kappa shape index (κ3) is 5.22. The van der Waals surface area contributed by atoms with Crippen LogP contribution in [0.15, 0.2) is 0 Å². The topological polar surface area (TPSA) is 35.5 Å². The molecular formula is C11H22O3. The fourth-order valence-corrected chi connectivity index (χ4v) is 0.810. The number of ether oxygens (including phenoxy) is 2. The Balaban J connectivity index is 3.54. The van der Waals surface area contributed by atoms with Crippen LogP contribution in [0.1, 0.15) is 40.5 Å². The molecule has 0 fully saturated rings. The number of hydrogen-bond donors (Lipinski definition) is 0. The van der Waals surface area contributed by atoms with Gasteiger partial charge in [0.25, 0.3) is 0 Å². The van der Waals surface area contributed by atoms with Gasteiger partial charge in [-0.3, -0.25) is 4.79 Å². The van der Waals surface area contributed by atoms with Crippen LogP contribution < -0.4 is 0 Å². The van der Waals surface area contributed by atoms with Crippen LogP contribution in [0, 0.1) is 5.41 Å². The average Bonchev–Trinajstić information content (AvgIpc) is 2.17. The third-order valence-corrected chi connectivity index (χ3v) is 2.31. The molecule has 0 unspecified atom stereocenters. The Kier molecular flexibility index (Phi) is 6.54. The fraction of sp³-hybridized carbons (Fsp3) is 0.909. The van der Waals surface area contributed by atoms with Crippen molar-refractivity contribution < 1.29 is 14.3 Å². The molecule has 3 nitrogen and oxygen atoms in total. The van der Waals surface area contributed by atoms with Gasteiger partial charge >= 0.3 is 5.97 Å². The van der Waals surface area contributed by atoms with Gasteiger partial charge in [0.15, 0.2) is 0 Å². The van der Waals surface area contributed by atoms with Gasteiger partial charge in [-0.1, -0.05) is 6.92 Å². The predicted octanol–water partition coefficient (Wildman–Crippen LogP) is 2.39.